The molecule has 0 saturated heterocycles. The van der Waals surface area contributed by atoms with E-state index < -0.39 is 0 Å². The van der Waals surface area contributed by atoms with Crippen LogP contribution < -0.4 is 4.74 Å². The van der Waals surface area contributed by atoms with Crippen LogP contribution in [0.15, 0.2) is 30.9 Å². The average Bonchev–Trinajstić information content (AvgIpc) is 2.78. The lowest BCUT2D eigenvalue weighted by Crippen LogP contribution is -2.34. The van der Waals surface area contributed by atoms with Gasteiger partial charge in [-0.3, -0.25) is 0 Å². The maximum atomic E-state index is 14.4. The molecule has 2 heteroatoms. The number of halogens is 1. The van der Waals surface area contributed by atoms with Crippen molar-refractivity contribution in [1.82, 2.24) is 0 Å². The molecule has 1 aromatic carbocycles. The number of rotatable bonds is 7. The molecule has 1 nitrogen and oxygen atoms in total. The first-order chi connectivity index (χ1) is 14.7. The van der Waals surface area contributed by atoms with Gasteiger partial charge >= 0.3 is 0 Å². The Bertz CT molecular complexity index is 690. The Balaban J connectivity index is 1.27. The van der Waals surface area contributed by atoms with E-state index in [1.807, 2.05) is 0 Å². The first-order valence-electron chi connectivity index (χ1n) is 12.7. The molecule has 4 atom stereocenters. The van der Waals surface area contributed by atoms with Crippen molar-refractivity contribution in [1.29, 1.82) is 0 Å². The van der Waals surface area contributed by atoms with Gasteiger partial charge in [-0.15, -0.1) is 0 Å². The van der Waals surface area contributed by atoms with Gasteiger partial charge in [-0.05, 0) is 111 Å². The third kappa shape index (κ3) is 5.11. The normalized spacial score (nSPS) is 34.2. The molecule has 0 N–H and O–H groups in total. The molecular weight excluding hydrogens is 371 g/mol. The quantitative estimate of drug-likeness (QED) is 0.409. The van der Waals surface area contributed by atoms with Crippen molar-refractivity contribution in [3.8, 4) is 5.75 Å². The Morgan fingerprint density at radius 1 is 0.933 bits per heavy atom. The van der Waals surface area contributed by atoms with Gasteiger partial charge in [0.1, 0.15) is 6.61 Å². The Morgan fingerprint density at radius 3 is 2.30 bits per heavy atom. The minimum absolute atomic E-state index is 0.228. The second-order valence-corrected chi connectivity index (χ2v) is 10.5. The molecule has 3 fully saturated rings. The Labute approximate surface area is 183 Å². The molecule has 3 aliphatic carbocycles. The summed E-state index contributed by atoms with van der Waals surface area (Å²) in [6.45, 7) is 6.32. The van der Waals surface area contributed by atoms with E-state index >= 15 is 0 Å². The van der Waals surface area contributed by atoms with E-state index in [1.165, 1.54) is 77.0 Å². The number of hydrogen-bond donors (Lipinski definition) is 0. The van der Waals surface area contributed by atoms with Crippen LogP contribution in [0.25, 0.3) is 0 Å². The summed E-state index contributed by atoms with van der Waals surface area (Å²) >= 11 is 0. The summed E-state index contributed by atoms with van der Waals surface area (Å²) in [5.41, 5.74) is 1.16. The lowest BCUT2D eigenvalue weighted by atomic mass is 9.60. The molecule has 0 heterocycles. The summed E-state index contributed by atoms with van der Waals surface area (Å²) in [5.74, 6) is 5.59. The van der Waals surface area contributed by atoms with Gasteiger partial charge in [0, 0.05) is 0 Å². The van der Waals surface area contributed by atoms with Crippen LogP contribution in [-0.2, 0) is 0 Å². The molecule has 0 aromatic heterocycles. The minimum atomic E-state index is -0.228. The van der Waals surface area contributed by atoms with Crippen LogP contribution in [-0.4, -0.2) is 6.61 Å². The number of fused-ring (bicyclic) bond motifs is 1. The van der Waals surface area contributed by atoms with Gasteiger partial charge in [-0.2, -0.15) is 0 Å². The minimum Gasteiger partial charge on any atom is -0.486 e. The second kappa shape index (κ2) is 10.3. The van der Waals surface area contributed by atoms with Gasteiger partial charge in [0.05, 0.1) is 0 Å². The molecule has 4 unspecified atom stereocenters. The number of benzene rings is 1. The zero-order chi connectivity index (χ0) is 20.9. The third-order valence-corrected chi connectivity index (χ3v) is 8.68. The fourth-order valence-corrected chi connectivity index (χ4v) is 7.08. The Hall–Kier alpha value is -1.31. The molecule has 0 radical (unpaired) electrons. The lowest BCUT2D eigenvalue weighted by molar-refractivity contribution is 0.0618. The molecular formula is C28H41FO. The van der Waals surface area contributed by atoms with Crippen LogP contribution in [0.5, 0.6) is 5.75 Å². The SMILES string of the molecule is C=CCOc1ccc(C2CCC(C3CCC4CC(CCC)CCC4C3)CC2)cc1F. The molecule has 0 spiro atoms. The fourth-order valence-electron chi connectivity index (χ4n) is 7.08. The summed E-state index contributed by atoms with van der Waals surface area (Å²) in [5, 5.41) is 0. The van der Waals surface area contributed by atoms with Crippen LogP contribution in [0.4, 0.5) is 4.39 Å². The summed E-state index contributed by atoms with van der Waals surface area (Å²) in [7, 11) is 0. The largest absolute Gasteiger partial charge is 0.486 e. The van der Waals surface area contributed by atoms with E-state index in [9.17, 15) is 4.39 Å². The predicted octanol–water partition coefficient (Wildman–Crippen LogP) is 8.30. The van der Waals surface area contributed by atoms with Gasteiger partial charge in [-0.25, -0.2) is 4.39 Å². The highest BCUT2D eigenvalue weighted by Gasteiger charge is 2.38. The molecule has 0 aliphatic heterocycles. The number of ether oxygens (including phenoxy) is 1. The standard InChI is InChI=1S/C28H41FO/c1-3-5-20-6-7-25-18-24(13-12-23(25)17-20)21-8-10-22(11-9-21)26-14-15-28(27(29)19-26)30-16-4-2/h4,14-15,19-25H,2-3,5-13,16-18H2,1H3. The fraction of sp³-hybridized carbons (Fsp3) is 0.714. The molecule has 3 saturated carbocycles. The van der Waals surface area contributed by atoms with Gasteiger partial charge < -0.3 is 4.74 Å². The first kappa shape index (κ1) is 21.9. The van der Waals surface area contributed by atoms with Crippen LogP contribution >= 0.6 is 0 Å². The van der Waals surface area contributed by atoms with Crippen LogP contribution in [0.2, 0.25) is 0 Å². The zero-order valence-corrected chi connectivity index (χ0v) is 19.0. The summed E-state index contributed by atoms with van der Waals surface area (Å²) < 4.78 is 19.8. The van der Waals surface area contributed by atoms with Crippen molar-refractivity contribution in [3.63, 3.8) is 0 Å². The zero-order valence-electron chi connectivity index (χ0n) is 19.0. The summed E-state index contributed by atoms with van der Waals surface area (Å²) in [6, 6.07) is 5.59. The summed E-state index contributed by atoms with van der Waals surface area (Å²) in [6.07, 6.45) is 18.6. The highest BCUT2D eigenvalue weighted by molar-refractivity contribution is 5.31. The molecule has 4 rings (SSSR count). The average molecular weight is 413 g/mol. The maximum Gasteiger partial charge on any atom is 0.165 e. The van der Waals surface area contributed by atoms with E-state index in [0.29, 0.717) is 18.3 Å². The highest BCUT2D eigenvalue weighted by atomic mass is 19.1. The third-order valence-electron chi connectivity index (χ3n) is 8.68. The smallest absolute Gasteiger partial charge is 0.165 e. The highest BCUT2D eigenvalue weighted by Crippen LogP contribution is 2.50. The lowest BCUT2D eigenvalue weighted by Gasteiger charge is -2.45. The van der Waals surface area contributed by atoms with E-state index in [1.54, 1.807) is 18.2 Å². The van der Waals surface area contributed by atoms with Crippen LogP contribution in [0.1, 0.15) is 95.5 Å². The second-order valence-electron chi connectivity index (χ2n) is 10.5. The predicted molar refractivity (Wildman–Crippen MR) is 123 cm³/mol. The van der Waals surface area contributed by atoms with Crippen LogP contribution in [0.3, 0.4) is 0 Å². The van der Waals surface area contributed by atoms with E-state index in [0.717, 1.165) is 35.2 Å². The van der Waals surface area contributed by atoms with Crippen molar-refractivity contribution in [2.75, 3.05) is 6.61 Å². The summed E-state index contributed by atoms with van der Waals surface area (Å²) in [4.78, 5) is 0. The van der Waals surface area contributed by atoms with Crippen LogP contribution in [0, 0.1) is 35.4 Å². The molecule has 3 aliphatic rings. The van der Waals surface area contributed by atoms with E-state index in [-0.39, 0.29) is 5.82 Å². The monoisotopic (exact) mass is 412 g/mol. The first-order valence-corrected chi connectivity index (χ1v) is 12.7. The molecule has 0 bridgehead atoms. The van der Waals surface area contributed by atoms with Gasteiger partial charge in [0.15, 0.2) is 11.6 Å². The van der Waals surface area contributed by atoms with Crippen molar-refractivity contribution in [2.45, 2.75) is 89.9 Å². The van der Waals surface area contributed by atoms with E-state index in [2.05, 4.69) is 19.6 Å². The topological polar surface area (TPSA) is 9.23 Å². The van der Waals surface area contributed by atoms with Gasteiger partial charge in [0.25, 0.3) is 0 Å². The molecule has 166 valence electrons. The molecule has 1 aromatic rings. The van der Waals surface area contributed by atoms with Crippen molar-refractivity contribution in [3.05, 3.63) is 42.2 Å². The molecule has 30 heavy (non-hydrogen) atoms. The Morgan fingerprint density at radius 2 is 1.60 bits per heavy atom. The van der Waals surface area contributed by atoms with Crippen molar-refractivity contribution < 1.29 is 9.13 Å². The van der Waals surface area contributed by atoms with E-state index in [4.69, 9.17) is 4.74 Å². The number of hydrogen-bond acceptors (Lipinski definition) is 1. The maximum absolute atomic E-state index is 14.4. The molecule has 0 amide bonds. The Kier molecular flexibility index (Phi) is 7.55. The van der Waals surface area contributed by atoms with Crippen molar-refractivity contribution >= 4 is 0 Å². The van der Waals surface area contributed by atoms with Gasteiger partial charge in [0.2, 0.25) is 0 Å². The van der Waals surface area contributed by atoms with Crippen molar-refractivity contribution in [2.24, 2.45) is 29.6 Å². The van der Waals surface area contributed by atoms with Gasteiger partial charge in [-0.1, -0.05) is 44.9 Å².